The van der Waals surface area contributed by atoms with Gasteiger partial charge >= 0.3 is 6.03 Å². The van der Waals surface area contributed by atoms with E-state index in [-0.39, 0.29) is 5.02 Å². The minimum atomic E-state index is -0.788. The minimum absolute atomic E-state index is 0.255. The molecule has 0 bridgehead atoms. The SMILES string of the molecule is NC(=O)N/N=C/c1cc(F)cc(Cl)c1. The molecule has 0 heterocycles. The summed E-state index contributed by atoms with van der Waals surface area (Å²) in [6, 6.07) is 3.10. The van der Waals surface area contributed by atoms with Gasteiger partial charge in [0, 0.05) is 5.02 Å². The van der Waals surface area contributed by atoms with Crippen LogP contribution in [0.25, 0.3) is 0 Å². The van der Waals surface area contributed by atoms with E-state index in [1.54, 1.807) is 0 Å². The maximum atomic E-state index is 12.8. The van der Waals surface area contributed by atoms with Gasteiger partial charge in [-0.1, -0.05) is 11.6 Å². The Kier molecular flexibility index (Phi) is 3.41. The Morgan fingerprint density at radius 3 is 2.86 bits per heavy atom. The van der Waals surface area contributed by atoms with E-state index in [0.717, 1.165) is 0 Å². The van der Waals surface area contributed by atoms with E-state index >= 15 is 0 Å². The van der Waals surface area contributed by atoms with Crippen LogP contribution in [0.1, 0.15) is 5.56 Å². The van der Waals surface area contributed by atoms with Gasteiger partial charge in [-0.25, -0.2) is 14.6 Å². The molecule has 3 N–H and O–H groups in total. The fraction of sp³-hybridized carbons (Fsp3) is 0. The summed E-state index contributed by atoms with van der Waals surface area (Å²) in [5.74, 6) is -0.474. The zero-order valence-corrected chi connectivity index (χ0v) is 7.75. The second-order valence-electron chi connectivity index (χ2n) is 2.44. The average molecular weight is 216 g/mol. The molecule has 0 unspecified atom stereocenters. The fourth-order valence-corrected chi connectivity index (χ4v) is 1.05. The van der Waals surface area contributed by atoms with E-state index in [2.05, 4.69) is 5.10 Å². The van der Waals surface area contributed by atoms with Crippen LogP contribution in [0.3, 0.4) is 0 Å². The number of carbonyl (C=O) groups is 1. The molecule has 1 aromatic carbocycles. The molecular formula is C8H7ClFN3O. The number of hydrogen-bond donors (Lipinski definition) is 2. The van der Waals surface area contributed by atoms with E-state index in [1.165, 1.54) is 24.4 Å². The standard InChI is InChI=1S/C8H7ClFN3O/c9-6-1-5(2-7(10)3-6)4-12-13-8(11)14/h1-4H,(H3,11,13,14)/b12-4+. The summed E-state index contributed by atoms with van der Waals surface area (Å²) in [6.45, 7) is 0. The van der Waals surface area contributed by atoms with Crippen LogP contribution >= 0.6 is 11.6 Å². The van der Waals surface area contributed by atoms with Crippen molar-refractivity contribution in [1.29, 1.82) is 0 Å². The Bertz CT molecular complexity index is 361. The molecule has 0 atom stereocenters. The van der Waals surface area contributed by atoms with Crippen molar-refractivity contribution in [2.75, 3.05) is 0 Å². The normalized spacial score (nSPS) is 10.4. The molecule has 6 heteroatoms. The Morgan fingerprint density at radius 2 is 2.29 bits per heavy atom. The largest absolute Gasteiger partial charge is 0.350 e. The number of nitrogens with one attached hydrogen (secondary N) is 1. The van der Waals surface area contributed by atoms with Crippen LogP contribution in [-0.4, -0.2) is 12.2 Å². The molecule has 0 radical (unpaired) electrons. The predicted octanol–water partition coefficient (Wildman–Crippen LogP) is 1.48. The first-order valence-electron chi connectivity index (χ1n) is 3.62. The number of urea groups is 1. The molecule has 0 saturated heterocycles. The third-order valence-electron chi connectivity index (χ3n) is 1.27. The van der Waals surface area contributed by atoms with Crippen molar-refractivity contribution >= 4 is 23.8 Å². The number of hydrazone groups is 1. The summed E-state index contributed by atoms with van der Waals surface area (Å²) < 4.78 is 12.8. The number of amides is 2. The monoisotopic (exact) mass is 215 g/mol. The number of carbonyl (C=O) groups excluding carboxylic acids is 1. The molecule has 4 nitrogen and oxygen atoms in total. The van der Waals surface area contributed by atoms with Gasteiger partial charge in [-0.05, 0) is 23.8 Å². The summed E-state index contributed by atoms with van der Waals surface area (Å²) in [5.41, 5.74) is 7.16. The van der Waals surface area contributed by atoms with Crippen molar-refractivity contribution in [3.05, 3.63) is 34.6 Å². The smallest absolute Gasteiger partial charge is 0.332 e. The molecule has 74 valence electrons. The molecule has 1 rings (SSSR count). The van der Waals surface area contributed by atoms with Crippen molar-refractivity contribution in [3.63, 3.8) is 0 Å². The van der Waals surface area contributed by atoms with Gasteiger partial charge < -0.3 is 5.73 Å². The van der Waals surface area contributed by atoms with E-state index in [0.29, 0.717) is 5.56 Å². The summed E-state index contributed by atoms with van der Waals surface area (Å²) >= 11 is 5.58. The van der Waals surface area contributed by atoms with Gasteiger partial charge in [0.1, 0.15) is 5.82 Å². The topological polar surface area (TPSA) is 67.5 Å². The zero-order chi connectivity index (χ0) is 10.6. The van der Waals surface area contributed by atoms with Crippen LogP contribution in [0, 0.1) is 5.82 Å². The first-order valence-corrected chi connectivity index (χ1v) is 4.00. The Balaban J connectivity index is 2.76. The van der Waals surface area contributed by atoms with Crippen molar-refractivity contribution in [1.82, 2.24) is 5.43 Å². The molecule has 0 aromatic heterocycles. The Hall–Kier alpha value is -1.62. The van der Waals surface area contributed by atoms with Crippen LogP contribution in [0.5, 0.6) is 0 Å². The zero-order valence-electron chi connectivity index (χ0n) is 7.00. The predicted molar refractivity (Wildman–Crippen MR) is 51.7 cm³/mol. The second kappa shape index (κ2) is 4.57. The van der Waals surface area contributed by atoms with Crippen LogP contribution in [0.2, 0.25) is 5.02 Å². The first kappa shape index (κ1) is 10.5. The van der Waals surface area contributed by atoms with Gasteiger partial charge in [-0.3, -0.25) is 0 Å². The fourth-order valence-electron chi connectivity index (χ4n) is 0.820. The molecule has 0 saturated carbocycles. The number of nitrogens with two attached hydrogens (primary N) is 1. The molecule has 0 aliphatic rings. The van der Waals surface area contributed by atoms with Crippen LogP contribution in [0.15, 0.2) is 23.3 Å². The van der Waals surface area contributed by atoms with Crippen LogP contribution in [0.4, 0.5) is 9.18 Å². The van der Waals surface area contributed by atoms with E-state index < -0.39 is 11.8 Å². The summed E-state index contributed by atoms with van der Waals surface area (Å²) in [4.78, 5) is 10.2. The third kappa shape index (κ3) is 3.40. The van der Waals surface area contributed by atoms with Crippen molar-refractivity contribution < 1.29 is 9.18 Å². The van der Waals surface area contributed by atoms with Crippen LogP contribution in [-0.2, 0) is 0 Å². The number of nitrogens with zero attached hydrogens (tertiary/aromatic N) is 1. The van der Waals surface area contributed by atoms with Crippen LogP contribution < -0.4 is 11.2 Å². The lowest BCUT2D eigenvalue weighted by Gasteiger charge is -1.95. The Labute approximate surface area is 84.5 Å². The minimum Gasteiger partial charge on any atom is -0.350 e. The molecule has 0 aliphatic carbocycles. The molecular weight excluding hydrogens is 209 g/mol. The summed E-state index contributed by atoms with van der Waals surface area (Å²) in [5, 5.41) is 3.70. The van der Waals surface area contributed by atoms with Gasteiger partial charge in [-0.2, -0.15) is 5.10 Å². The van der Waals surface area contributed by atoms with E-state index in [1.807, 2.05) is 5.43 Å². The highest BCUT2D eigenvalue weighted by Gasteiger charge is 1.96. The maximum absolute atomic E-state index is 12.8. The number of benzene rings is 1. The van der Waals surface area contributed by atoms with Crippen molar-refractivity contribution in [2.24, 2.45) is 10.8 Å². The lowest BCUT2D eigenvalue weighted by Crippen LogP contribution is -2.24. The first-order chi connectivity index (χ1) is 6.58. The average Bonchev–Trinajstić information content (AvgIpc) is 2.01. The van der Waals surface area contributed by atoms with Gasteiger partial charge in [0.05, 0.1) is 6.21 Å². The molecule has 2 amide bonds. The Morgan fingerprint density at radius 1 is 1.57 bits per heavy atom. The van der Waals surface area contributed by atoms with Gasteiger partial charge in [0.2, 0.25) is 0 Å². The lowest BCUT2D eigenvalue weighted by molar-refractivity contribution is 0.249. The van der Waals surface area contributed by atoms with Gasteiger partial charge in [0.25, 0.3) is 0 Å². The third-order valence-corrected chi connectivity index (χ3v) is 1.49. The number of primary amides is 1. The highest BCUT2D eigenvalue weighted by molar-refractivity contribution is 6.30. The van der Waals surface area contributed by atoms with E-state index in [9.17, 15) is 9.18 Å². The molecule has 0 spiro atoms. The molecule has 0 aliphatic heterocycles. The van der Waals surface area contributed by atoms with Gasteiger partial charge in [0.15, 0.2) is 0 Å². The van der Waals surface area contributed by atoms with Crippen molar-refractivity contribution in [2.45, 2.75) is 0 Å². The summed E-state index contributed by atoms with van der Waals surface area (Å²) in [7, 11) is 0. The quantitative estimate of drug-likeness (QED) is 0.570. The van der Waals surface area contributed by atoms with Gasteiger partial charge in [-0.15, -0.1) is 0 Å². The number of rotatable bonds is 2. The van der Waals surface area contributed by atoms with Crippen molar-refractivity contribution in [3.8, 4) is 0 Å². The highest BCUT2D eigenvalue weighted by Crippen LogP contribution is 2.12. The lowest BCUT2D eigenvalue weighted by atomic mass is 10.2. The molecule has 1 aromatic rings. The number of hydrogen-bond acceptors (Lipinski definition) is 2. The number of halogens is 2. The maximum Gasteiger partial charge on any atom is 0.332 e. The molecule has 14 heavy (non-hydrogen) atoms. The summed E-state index contributed by atoms with van der Waals surface area (Å²) in [6.07, 6.45) is 1.24. The second-order valence-corrected chi connectivity index (χ2v) is 2.87. The van der Waals surface area contributed by atoms with E-state index in [4.69, 9.17) is 17.3 Å². The molecule has 0 fully saturated rings. The highest BCUT2D eigenvalue weighted by atomic mass is 35.5.